The quantitative estimate of drug-likeness (QED) is 0.833. The van der Waals surface area contributed by atoms with Crippen LogP contribution in [0.2, 0.25) is 0 Å². The summed E-state index contributed by atoms with van der Waals surface area (Å²) in [5.41, 5.74) is 1.38. The summed E-state index contributed by atoms with van der Waals surface area (Å²) >= 11 is 0. The van der Waals surface area contributed by atoms with Crippen molar-refractivity contribution in [1.29, 1.82) is 0 Å². The van der Waals surface area contributed by atoms with Crippen molar-refractivity contribution >= 4 is 12.4 Å². The third kappa shape index (κ3) is 6.88. The molecule has 0 radical (unpaired) electrons. The highest BCUT2D eigenvalue weighted by atomic mass is 35.5. The van der Waals surface area contributed by atoms with Crippen LogP contribution in [0.15, 0.2) is 24.3 Å². The lowest BCUT2D eigenvalue weighted by molar-refractivity contribution is 0.370. The summed E-state index contributed by atoms with van der Waals surface area (Å²) in [5.74, 6) is 3.26. The SMILES string of the molecule is C#CCOc1ccc(CNC(C)(C)C)cc1.Cl. The second kappa shape index (κ2) is 7.21. The number of hydrogen-bond donors (Lipinski definition) is 1. The molecule has 3 heteroatoms. The summed E-state index contributed by atoms with van der Waals surface area (Å²) in [6.45, 7) is 7.63. The molecule has 0 fully saturated rings. The predicted octanol–water partition coefficient (Wildman–Crippen LogP) is 3.01. The minimum absolute atomic E-state index is 0. The van der Waals surface area contributed by atoms with E-state index in [9.17, 15) is 0 Å². The van der Waals surface area contributed by atoms with Gasteiger partial charge < -0.3 is 10.1 Å². The number of ether oxygens (including phenoxy) is 1. The molecule has 1 N–H and O–H groups in total. The number of benzene rings is 1. The number of nitrogens with one attached hydrogen (secondary N) is 1. The molecule has 0 aromatic heterocycles. The Balaban J connectivity index is 0.00000256. The first-order valence-electron chi connectivity index (χ1n) is 5.41. The Labute approximate surface area is 110 Å². The molecule has 0 amide bonds. The second-order valence-corrected chi connectivity index (χ2v) is 4.74. The predicted molar refractivity (Wildman–Crippen MR) is 74.6 cm³/mol. The van der Waals surface area contributed by atoms with Gasteiger partial charge in [0.05, 0.1) is 0 Å². The van der Waals surface area contributed by atoms with E-state index in [4.69, 9.17) is 11.2 Å². The van der Waals surface area contributed by atoms with E-state index in [-0.39, 0.29) is 17.9 Å². The van der Waals surface area contributed by atoms with E-state index in [0.29, 0.717) is 6.61 Å². The maximum atomic E-state index is 5.30. The van der Waals surface area contributed by atoms with Crippen LogP contribution < -0.4 is 10.1 Å². The van der Waals surface area contributed by atoms with Gasteiger partial charge in [-0.05, 0) is 38.5 Å². The van der Waals surface area contributed by atoms with Crippen LogP contribution in [0.4, 0.5) is 0 Å². The molecule has 0 heterocycles. The molecule has 0 bridgehead atoms. The average Bonchev–Trinajstić information content (AvgIpc) is 2.24. The van der Waals surface area contributed by atoms with Crippen LogP contribution >= 0.6 is 12.4 Å². The lowest BCUT2D eigenvalue weighted by Gasteiger charge is -2.20. The van der Waals surface area contributed by atoms with Crippen molar-refractivity contribution in [2.24, 2.45) is 0 Å². The molecule has 2 nitrogen and oxygen atoms in total. The number of rotatable bonds is 4. The molecule has 1 aromatic rings. The summed E-state index contributed by atoms with van der Waals surface area (Å²) in [7, 11) is 0. The maximum absolute atomic E-state index is 5.30. The zero-order valence-corrected chi connectivity index (χ0v) is 11.4. The first-order chi connectivity index (χ1) is 7.51. The Bertz CT molecular complexity index is 359. The molecule has 1 rings (SSSR count). The van der Waals surface area contributed by atoms with Crippen LogP contribution in [0, 0.1) is 12.3 Å². The van der Waals surface area contributed by atoms with Gasteiger partial charge in [0, 0.05) is 12.1 Å². The first-order valence-corrected chi connectivity index (χ1v) is 5.41. The van der Waals surface area contributed by atoms with Crippen molar-refractivity contribution < 1.29 is 4.74 Å². The lowest BCUT2D eigenvalue weighted by Crippen LogP contribution is -2.34. The Morgan fingerprint density at radius 2 is 1.82 bits per heavy atom. The second-order valence-electron chi connectivity index (χ2n) is 4.74. The van der Waals surface area contributed by atoms with Crippen molar-refractivity contribution in [1.82, 2.24) is 5.32 Å². The molecule has 0 aliphatic carbocycles. The molecule has 0 aliphatic heterocycles. The van der Waals surface area contributed by atoms with Gasteiger partial charge in [-0.25, -0.2) is 0 Å². The van der Waals surface area contributed by atoms with Gasteiger partial charge in [-0.15, -0.1) is 18.8 Å². The van der Waals surface area contributed by atoms with E-state index in [0.717, 1.165) is 12.3 Å². The molecule has 0 atom stereocenters. The molecule has 0 saturated heterocycles. The zero-order chi connectivity index (χ0) is 12.0. The molecule has 17 heavy (non-hydrogen) atoms. The van der Waals surface area contributed by atoms with Crippen molar-refractivity contribution in [3.8, 4) is 18.1 Å². The zero-order valence-electron chi connectivity index (χ0n) is 10.6. The van der Waals surface area contributed by atoms with E-state index >= 15 is 0 Å². The minimum Gasteiger partial charge on any atom is -0.481 e. The third-order valence-electron chi connectivity index (χ3n) is 2.07. The smallest absolute Gasteiger partial charge is 0.148 e. The van der Waals surface area contributed by atoms with Crippen LogP contribution in [-0.2, 0) is 6.54 Å². The van der Waals surface area contributed by atoms with Gasteiger partial charge in [-0.2, -0.15) is 0 Å². The topological polar surface area (TPSA) is 21.3 Å². The van der Waals surface area contributed by atoms with Gasteiger partial charge in [0.2, 0.25) is 0 Å². The maximum Gasteiger partial charge on any atom is 0.148 e. The minimum atomic E-state index is 0. The molecule has 0 saturated carbocycles. The van der Waals surface area contributed by atoms with Crippen LogP contribution in [0.25, 0.3) is 0 Å². The Morgan fingerprint density at radius 3 is 2.29 bits per heavy atom. The van der Waals surface area contributed by atoms with Crippen molar-refractivity contribution in [3.05, 3.63) is 29.8 Å². The highest BCUT2D eigenvalue weighted by Gasteiger charge is 2.07. The fourth-order valence-electron chi connectivity index (χ4n) is 1.20. The van der Waals surface area contributed by atoms with Crippen LogP contribution in [0.1, 0.15) is 26.3 Å². The fraction of sp³-hybridized carbons (Fsp3) is 0.429. The van der Waals surface area contributed by atoms with Crippen LogP contribution in [0.3, 0.4) is 0 Å². The van der Waals surface area contributed by atoms with E-state index in [2.05, 4.69) is 32.0 Å². The standard InChI is InChI=1S/C14H19NO.ClH/c1-5-10-16-13-8-6-12(7-9-13)11-15-14(2,3)4;/h1,6-9,15H,10-11H2,2-4H3;1H. The molecular weight excluding hydrogens is 234 g/mol. The summed E-state index contributed by atoms with van der Waals surface area (Å²) in [6, 6.07) is 7.98. The summed E-state index contributed by atoms with van der Waals surface area (Å²) in [5, 5.41) is 3.43. The summed E-state index contributed by atoms with van der Waals surface area (Å²) in [6.07, 6.45) is 5.12. The van der Waals surface area contributed by atoms with Gasteiger partial charge in [-0.3, -0.25) is 0 Å². The van der Waals surface area contributed by atoms with Crippen molar-refractivity contribution in [3.63, 3.8) is 0 Å². The van der Waals surface area contributed by atoms with E-state index in [1.54, 1.807) is 0 Å². The van der Waals surface area contributed by atoms with Crippen LogP contribution in [-0.4, -0.2) is 12.1 Å². The monoisotopic (exact) mass is 253 g/mol. The normalized spacial score (nSPS) is 10.2. The van der Waals surface area contributed by atoms with E-state index in [1.165, 1.54) is 5.56 Å². The molecule has 94 valence electrons. The average molecular weight is 254 g/mol. The highest BCUT2D eigenvalue weighted by molar-refractivity contribution is 5.85. The van der Waals surface area contributed by atoms with Gasteiger partial charge >= 0.3 is 0 Å². The first kappa shape index (κ1) is 15.8. The van der Waals surface area contributed by atoms with Crippen molar-refractivity contribution in [2.75, 3.05) is 6.61 Å². The number of terminal acetylenes is 1. The molecule has 1 aromatic carbocycles. The van der Waals surface area contributed by atoms with Gasteiger partial charge in [0.25, 0.3) is 0 Å². The van der Waals surface area contributed by atoms with Gasteiger partial charge in [0.15, 0.2) is 0 Å². The third-order valence-corrected chi connectivity index (χ3v) is 2.07. The summed E-state index contributed by atoms with van der Waals surface area (Å²) in [4.78, 5) is 0. The van der Waals surface area contributed by atoms with Crippen molar-refractivity contribution in [2.45, 2.75) is 32.9 Å². The Morgan fingerprint density at radius 1 is 1.24 bits per heavy atom. The lowest BCUT2D eigenvalue weighted by atomic mass is 10.1. The number of hydrogen-bond acceptors (Lipinski definition) is 2. The van der Waals surface area contributed by atoms with E-state index in [1.807, 2.05) is 24.3 Å². The highest BCUT2D eigenvalue weighted by Crippen LogP contribution is 2.12. The van der Waals surface area contributed by atoms with Gasteiger partial charge in [-0.1, -0.05) is 18.1 Å². The molecular formula is C14H20ClNO. The van der Waals surface area contributed by atoms with Crippen LogP contribution in [0.5, 0.6) is 5.75 Å². The molecule has 0 unspecified atom stereocenters. The fourth-order valence-corrected chi connectivity index (χ4v) is 1.20. The number of halogens is 1. The Kier molecular flexibility index (Phi) is 6.72. The largest absolute Gasteiger partial charge is 0.481 e. The summed E-state index contributed by atoms with van der Waals surface area (Å²) < 4.78 is 5.30. The van der Waals surface area contributed by atoms with Gasteiger partial charge in [0.1, 0.15) is 12.4 Å². The Hall–Kier alpha value is -1.17. The van der Waals surface area contributed by atoms with E-state index < -0.39 is 0 Å². The molecule has 0 aliphatic rings. The molecule has 0 spiro atoms.